The lowest BCUT2D eigenvalue weighted by Gasteiger charge is -2.17. The number of alkyl halides is 3. The van der Waals surface area contributed by atoms with Crippen LogP contribution >= 0.6 is 0 Å². The molecule has 0 spiro atoms. The van der Waals surface area contributed by atoms with Crippen LogP contribution in [0.2, 0.25) is 0 Å². The Morgan fingerprint density at radius 3 is 2.15 bits per heavy atom. The summed E-state index contributed by atoms with van der Waals surface area (Å²) in [6.45, 7) is 0. The summed E-state index contributed by atoms with van der Waals surface area (Å²) in [6.07, 6.45) is -4.66. The first kappa shape index (κ1) is 32.0. The largest absolute Gasteiger partial charge is 0.573 e. The number of rotatable bonds is 8. The number of hydrogen-bond donors (Lipinski definition) is 2. The van der Waals surface area contributed by atoms with Gasteiger partial charge in [-0.15, -0.1) is 13.2 Å². The maximum Gasteiger partial charge on any atom is 0.573 e. The summed E-state index contributed by atoms with van der Waals surface area (Å²) in [5.41, 5.74) is 6.82. The topological polar surface area (TPSA) is 134 Å². The van der Waals surface area contributed by atoms with Crippen LogP contribution in [0, 0.1) is 23.3 Å². The predicted octanol–water partition coefficient (Wildman–Crippen LogP) is 7.11. The van der Waals surface area contributed by atoms with Crippen LogP contribution in [-0.2, 0) is 10.0 Å². The first-order valence-corrected chi connectivity index (χ1v) is 14.8. The maximum absolute atomic E-state index is 14.6. The number of para-hydroxylation sites is 1. The highest BCUT2D eigenvalue weighted by molar-refractivity contribution is 7.92. The Kier molecular flexibility index (Phi) is 8.03. The van der Waals surface area contributed by atoms with Crippen molar-refractivity contribution in [1.29, 1.82) is 0 Å². The molecule has 0 amide bonds. The number of nitrogens with two attached hydrogens (primary N) is 1. The number of nitrogen functional groups attached to an aromatic ring is 1. The molecule has 0 bridgehead atoms. The highest BCUT2D eigenvalue weighted by Crippen LogP contribution is 2.39. The fourth-order valence-corrected chi connectivity index (χ4v) is 5.85. The number of nitrogens with zero attached hydrogens (tertiary/aromatic N) is 4. The zero-order valence-corrected chi connectivity index (χ0v) is 24.5. The smallest absolute Gasteiger partial charge is 0.457 e. The zero-order chi connectivity index (χ0) is 34.4. The van der Waals surface area contributed by atoms with E-state index in [9.17, 15) is 39.2 Å². The van der Waals surface area contributed by atoms with Crippen LogP contribution in [0.4, 0.5) is 42.2 Å². The van der Waals surface area contributed by atoms with Crippen molar-refractivity contribution in [2.24, 2.45) is 0 Å². The number of halogens is 7. The molecule has 0 saturated carbocycles. The SMILES string of the molecule is Nc1ncnc2c1c(-c1ccc(Oc3ccccc3)cc1)nn2-c1cccc(NS(=O)(=O)c2c(F)c(F)c(F)c(F)c2OC(F)(F)F)c1. The van der Waals surface area contributed by atoms with Crippen molar-refractivity contribution >= 4 is 32.6 Å². The second-order valence-electron chi connectivity index (χ2n) is 9.78. The molecular weight excluding hydrogens is 673 g/mol. The molecule has 6 aromatic rings. The van der Waals surface area contributed by atoms with Crippen LogP contribution in [0.25, 0.3) is 28.0 Å². The Labute approximate surface area is 265 Å². The molecule has 0 aliphatic heterocycles. The van der Waals surface area contributed by atoms with Gasteiger partial charge in [0.2, 0.25) is 11.6 Å². The molecule has 0 aliphatic rings. The monoisotopic (exact) mass is 690 g/mol. The van der Waals surface area contributed by atoms with Gasteiger partial charge in [0.25, 0.3) is 10.0 Å². The molecular formula is C30H17F7N6O4S. The lowest BCUT2D eigenvalue weighted by Crippen LogP contribution is -2.24. The summed E-state index contributed by atoms with van der Waals surface area (Å²) in [7, 11) is -5.61. The van der Waals surface area contributed by atoms with E-state index in [1.165, 1.54) is 16.8 Å². The molecule has 0 saturated heterocycles. The minimum atomic E-state index is -5.81. The first-order chi connectivity index (χ1) is 22.7. The van der Waals surface area contributed by atoms with Gasteiger partial charge in [0.1, 0.15) is 29.3 Å². The third kappa shape index (κ3) is 6.11. The normalized spacial score (nSPS) is 11.9. The summed E-state index contributed by atoms with van der Waals surface area (Å²) >= 11 is 0. The quantitative estimate of drug-likeness (QED) is 0.0981. The average Bonchev–Trinajstić information content (AvgIpc) is 3.44. The van der Waals surface area contributed by atoms with E-state index in [1.807, 2.05) is 18.2 Å². The number of aromatic nitrogens is 4. The molecule has 10 nitrogen and oxygen atoms in total. The van der Waals surface area contributed by atoms with Crippen LogP contribution < -0.4 is 19.9 Å². The van der Waals surface area contributed by atoms with Gasteiger partial charge in [-0.05, 0) is 54.6 Å². The van der Waals surface area contributed by atoms with Gasteiger partial charge in [0.05, 0.1) is 16.8 Å². The summed E-state index contributed by atoms with van der Waals surface area (Å²) in [6, 6.07) is 20.6. The Hall–Kier alpha value is -5.91. The number of fused-ring (bicyclic) bond motifs is 1. The van der Waals surface area contributed by atoms with Gasteiger partial charge in [-0.3, -0.25) is 4.72 Å². The molecule has 0 atom stereocenters. The third-order valence-electron chi connectivity index (χ3n) is 6.61. The molecule has 0 unspecified atom stereocenters. The molecule has 48 heavy (non-hydrogen) atoms. The van der Waals surface area contributed by atoms with E-state index >= 15 is 0 Å². The fourth-order valence-electron chi connectivity index (χ4n) is 4.61. The van der Waals surface area contributed by atoms with Gasteiger partial charge in [0.15, 0.2) is 27.9 Å². The molecule has 4 aromatic carbocycles. The number of sulfonamides is 1. The third-order valence-corrected chi connectivity index (χ3v) is 8.02. The maximum atomic E-state index is 14.6. The van der Waals surface area contributed by atoms with Crippen molar-refractivity contribution in [2.45, 2.75) is 11.3 Å². The van der Waals surface area contributed by atoms with E-state index in [-0.39, 0.29) is 17.2 Å². The number of benzene rings is 4. The average molecular weight is 691 g/mol. The van der Waals surface area contributed by atoms with Crippen molar-refractivity contribution in [2.75, 3.05) is 10.5 Å². The van der Waals surface area contributed by atoms with Crippen LogP contribution in [0.3, 0.4) is 0 Å². The number of anilines is 2. The van der Waals surface area contributed by atoms with E-state index < -0.39 is 56.0 Å². The van der Waals surface area contributed by atoms with E-state index in [4.69, 9.17) is 10.5 Å². The number of hydrogen-bond acceptors (Lipinski definition) is 8. The van der Waals surface area contributed by atoms with Crippen LogP contribution in [0.5, 0.6) is 17.2 Å². The van der Waals surface area contributed by atoms with Crippen molar-refractivity contribution in [1.82, 2.24) is 19.7 Å². The fraction of sp³-hybridized carbons (Fsp3) is 0.0333. The van der Waals surface area contributed by atoms with Gasteiger partial charge in [-0.1, -0.05) is 24.3 Å². The van der Waals surface area contributed by atoms with E-state index in [1.54, 1.807) is 41.1 Å². The molecule has 0 radical (unpaired) electrons. The van der Waals surface area contributed by atoms with Crippen LogP contribution in [0.1, 0.15) is 0 Å². The predicted molar refractivity (Wildman–Crippen MR) is 157 cm³/mol. The first-order valence-electron chi connectivity index (χ1n) is 13.3. The highest BCUT2D eigenvalue weighted by Gasteiger charge is 2.41. The zero-order valence-electron chi connectivity index (χ0n) is 23.6. The Morgan fingerprint density at radius 1 is 0.792 bits per heavy atom. The van der Waals surface area contributed by atoms with Crippen molar-refractivity contribution < 1.29 is 48.6 Å². The Bertz CT molecular complexity index is 2280. The molecule has 2 heterocycles. The highest BCUT2D eigenvalue weighted by atomic mass is 32.2. The summed E-state index contributed by atoms with van der Waals surface area (Å²) in [5.74, 6) is -12.0. The minimum absolute atomic E-state index is 0.0377. The van der Waals surface area contributed by atoms with E-state index in [0.717, 1.165) is 18.5 Å². The number of ether oxygens (including phenoxy) is 2. The second kappa shape index (κ2) is 12.0. The summed E-state index contributed by atoms with van der Waals surface area (Å²) in [4.78, 5) is 5.99. The van der Waals surface area contributed by atoms with Crippen LogP contribution in [-0.4, -0.2) is 34.5 Å². The molecule has 0 fully saturated rings. The van der Waals surface area contributed by atoms with E-state index in [2.05, 4.69) is 19.8 Å². The molecule has 2 aromatic heterocycles. The molecule has 246 valence electrons. The van der Waals surface area contributed by atoms with Gasteiger partial charge in [-0.2, -0.15) is 9.49 Å². The lowest BCUT2D eigenvalue weighted by atomic mass is 10.1. The Morgan fingerprint density at radius 2 is 1.46 bits per heavy atom. The standard InChI is InChI=1S/C30H17F7N6O4S/c31-21-22(32)24(34)27(26(23(21)33)47-30(35,36)37)48(44,45)42-16-5-4-6-17(13-16)43-29-20(28(38)39-14-40-29)25(41-43)15-9-11-19(12-10-15)46-18-7-2-1-3-8-18/h1-14,42H,(H2,38,39,40). The van der Waals surface area contributed by atoms with Gasteiger partial charge in [0, 0.05) is 5.56 Å². The molecule has 3 N–H and O–H groups in total. The van der Waals surface area contributed by atoms with Gasteiger partial charge in [-0.25, -0.2) is 36.2 Å². The second-order valence-corrected chi connectivity index (χ2v) is 11.4. The molecule has 6 rings (SSSR count). The minimum Gasteiger partial charge on any atom is -0.457 e. The molecule has 18 heteroatoms. The summed E-state index contributed by atoms with van der Waals surface area (Å²) in [5, 5.41) is 4.87. The lowest BCUT2D eigenvalue weighted by molar-refractivity contribution is -0.276. The number of nitrogens with one attached hydrogen (secondary N) is 1. The molecule has 0 aliphatic carbocycles. The van der Waals surface area contributed by atoms with Gasteiger partial charge >= 0.3 is 6.36 Å². The van der Waals surface area contributed by atoms with Crippen molar-refractivity contribution in [3.63, 3.8) is 0 Å². The Balaban J connectivity index is 1.39. The van der Waals surface area contributed by atoms with Crippen molar-refractivity contribution in [3.05, 3.63) is 108 Å². The van der Waals surface area contributed by atoms with E-state index in [0.29, 0.717) is 28.1 Å². The summed E-state index contributed by atoms with van der Waals surface area (Å²) < 4.78 is 134. The van der Waals surface area contributed by atoms with Gasteiger partial charge < -0.3 is 15.2 Å². The van der Waals surface area contributed by atoms with Crippen molar-refractivity contribution in [3.8, 4) is 34.2 Å². The van der Waals surface area contributed by atoms with Crippen LogP contribution in [0.15, 0.2) is 90.1 Å².